The molecule has 0 aliphatic rings. The molecule has 2 heterocycles. The Labute approximate surface area is 207 Å². The molecule has 34 heavy (non-hydrogen) atoms. The van der Waals surface area contributed by atoms with Crippen molar-refractivity contribution in [1.82, 2.24) is 9.46 Å². The number of nitrogens with one attached hydrogen (secondary N) is 2. The van der Waals surface area contributed by atoms with Gasteiger partial charge >= 0.3 is 0 Å². The lowest BCUT2D eigenvalue weighted by atomic mass is 10.1. The van der Waals surface area contributed by atoms with E-state index in [2.05, 4.69) is 15.2 Å². The number of halogens is 1. The monoisotopic (exact) mass is 546 g/mol. The molecular weight excluding hydrogens is 524 g/mol. The molecule has 0 saturated heterocycles. The van der Waals surface area contributed by atoms with Crippen LogP contribution in [-0.2, 0) is 20.0 Å². The molecule has 3 aromatic rings. The van der Waals surface area contributed by atoms with Crippen LogP contribution in [-0.4, -0.2) is 46.3 Å². The molecule has 184 valence electrons. The van der Waals surface area contributed by atoms with Gasteiger partial charge in [0.05, 0.1) is 5.69 Å². The molecule has 1 aromatic carbocycles. The Kier molecular flexibility index (Phi) is 7.16. The number of benzene rings is 1. The Balaban J connectivity index is 2.06. The Bertz CT molecular complexity index is 1490. The van der Waals surface area contributed by atoms with Crippen LogP contribution in [0.25, 0.3) is 0 Å². The van der Waals surface area contributed by atoms with Crippen molar-refractivity contribution in [1.29, 1.82) is 0 Å². The summed E-state index contributed by atoms with van der Waals surface area (Å²) in [5.41, 5.74) is 1.88. The van der Waals surface area contributed by atoms with E-state index in [0.717, 1.165) is 15.6 Å². The zero-order valence-corrected chi connectivity index (χ0v) is 22.4. The highest BCUT2D eigenvalue weighted by atomic mass is 35.5. The number of carbonyl (C=O) groups is 1. The summed E-state index contributed by atoms with van der Waals surface area (Å²) in [5.74, 6) is -1.05. The molecule has 0 radical (unpaired) electrons. The first kappa shape index (κ1) is 26.2. The van der Waals surface area contributed by atoms with Gasteiger partial charge in [-0.25, -0.2) is 25.9 Å². The number of anilines is 2. The minimum absolute atomic E-state index is 0.00345. The molecule has 0 spiro atoms. The molecule has 0 atom stereocenters. The van der Waals surface area contributed by atoms with Gasteiger partial charge in [0.2, 0.25) is 10.0 Å². The number of nitrogens with zero attached hydrogens (tertiary/aromatic N) is 2. The number of aromatic nitrogens is 1. The minimum atomic E-state index is -4.29. The largest absolute Gasteiger partial charge is 0.336 e. The maximum atomic E-state index is 13.2. The number of hydrogen-bond acceptors (Lipinski definition) is 8. The Morgan fingerprint density at radius 2 is 1.74 bits per heavy atom. The highest BCUT2D eigenvalue weighted by Crippen LogP contribution is 2.34. The van der Waals surface area contributed by atoms with Crippen LogP contribution in [0.5, 0.6) is 0 Å². The third kappa shape index (κ3) is 4.84. The third-order valence-electron chi connectivity index (χ3n) is 4.85. The fraction of sp³-hybridized carbons (Fsp3) is 0.300. The summed E-state index contributed by atoms with van der Waals surface area (Å²) >= 11 is 6.93. The summed E-state index contributed by atoms with van der Waals surface area (Å²) in [6.45, 7) is 6.47. The van der Waals surface area contributed by atoms with Crippen LogP contribution < -0.4 is 10.0 Å². The highest BCUT2D eigenvalue weighted by Gasteiger charge is 2.31. The molecule has 0 aliphatic heterocycles. The molecule has 0 unspecified atom stereocenters. The lowest BCUT2D eigenvalue weighted by Gasteiger charge is -2.18. The van der Waals surface area contributed by atoms with E-state index in [1.807, 2.05) is 0 Å². The number of carbonyl (C=O) groups excluding carboxylic acids is 1. The van der Waals surface area contributed by atoms with E-state index in [1.54, 1.807) is 26.8 Å². The van der Waals surface area contributed by atoms with Gasteiger partial charge < -0.3 is 9.84 Å². The summed E-state index contributed by atoms with van der Waals surface area (Å²) < 4.78 is 60.2. The number of amides is 1. The molecule has 2 N–H and O–H groups in total. The van der Waals surface area contributed by atoms with E-state index in [-0.39, 0.29) is 31.3 Å². The number of thiophene rings is 1. The van der Waals surface area contributed by atoms with E-state index in [0.29, 0.717) is 22.4 Å². The second-order valence-electron chi connectivity index (χ2n) is 7.79. The molecular formula is C20H23ClN4O6S3. The second kappa shape index (κ2) is 9.30. The van der Waals surface area contributed by atoms with Crippen molar-refractivity contribution >= 4 is 60.5 Å². The molecule has 0 fully saturated rings. The van der Waals surface area contributed by atoms with Gasteiger partial charge in [-0.3, -0.25) is 4.79 Å². The van der Waals surface area contributed by atoms with Crippen molar-refractivity contribution < 1.29 is 26.2 Å². The van der Waals surface area contributed by atoms with E-state index in [9.17, 15) is 21.6 Å². The van der Waals surface area contributed by atoms with Crippen LogP contribution in [0.3, 0.4) is 0 Å². The molecule has 0 aliphatic carbocycles. The van der Waals surface area contributed by atoms with Crippen LogP contribution in [0.15, 0.2) is 31.8 Å². The maximum absolute atomic E-state index is 13.2. The number of aryl methyl sites for hydroxylation is 4. The van der Waals surface area contributed by atoms with Crippen molar-refractivity contribution in [2.24, 2.45) is 0 Å². The normalized spacial score (nSPS) is 12.2. The number of rotatable bonds is 7. The highest BCUT2D eigenvalue weighted by molar-refractivity contribution is 7.93. The van der Waals surface area contributed by atoms with E-state index >= 15 is 0 Å². The molecule has 14 heteroatoms. The smallest absolute Gasteiger partial charge is 0.267 e. The summed E-state index contributed by atoms with van der Waals surface area (Å²) in [4.78, 5) is 12.7. The number of hydrogen-bond donors (Lipinski definition) is 2. The quantitative estimate of drug-likeness (QED) is 0.457. The lowest BCUT2D eigenvalue weighted by molar-refractivity contribution is 0.102. The van der Waals surface area contributed by atoms with Crippen LogP contribution in [0.4, 0.5) is 11.6 Å². The van der Waals surface area contributed by atoms with Gasteiger partial charge in [0.1, 0.15) is 25.4 Å². The van der Waals surface area contributed by atoms with Gasteiger partial charge in [-0.05, 0) is 55.8 Å². The Hall–Kier alpha value is -2.45. The van der Waals surface area contributed by atoms with Crippen LogP contribution in [0.2, 0.25) is 5.02 Å². The van der Waals surface area contributed by atoms with E-state index in [4.69, 9.17) is 16.1 Å². The molecule has 0 bridgehead atoms. The summed E-state index contributed by atoms with van der Waals surface area (Å²) in [6.07, 6.45) is 0. The van der Waals surface area contributed by atoms with Gasteiger partial charge in [0.25, 0.3) is 21.8 Å². The summed E-state index contributed by atoms with van der Waals surface area (Å²) in [6, 6.07) is 3.17. The minimum Gasteiger partial charge on any atom is -0.336 e. The number of sulfonamides is 2. The summed E-state index contributed by atoms with van der Waals surface area (Å²) in [7, 11) is -5.43. The fourth-order valence-corrected chi connectivity index (χ4v) is 7.24. The molecule has 2 aromatic heterocycles. The topological polar surface area (TPSA) is 139 Å². The van der Waals surface area contributed by atoms with Crippen molar-refractivity contribution in [3.05, 3.63) is 49.8 Å². The van der Waals surface area contributed by atoms with Gasteiger partial charge in [0, 0.05) is 14.1 Å². The standard InChI is InChI=1S/C20H23ClN4O6S3/c1-10-7-11(2)16(14(8-10)34(29,30)25(5)6)22-19(26)17-18(12(3)9-32-17)33(27,28)24-20-15(21)13(4)23-31-20/h7-9,24H,1-6H3,(H,22,26). The SMILES string of the molecule is Cc1cc(C)c(NC(=O)c2scc(C)c2S(=O)(=O)Nc2onc(C)c2Cl)c(S(=O)(=O)N(C)C)c1. The van der Waals surface area contributed by atoms with Crippen LogP contribution in [0.1, 0.15) is 32.1 Å². The third-order valence-corrected chi connectivity index (χ3v) is 9.88. The fourth-order valence-electron chi connectivity index (χ4n) is 3.18. The van der Waals surface area contributed by atoms with Gasteiger partial charge in [0.15, 0.2) is 0 Å². The van der Waals surface area contributed by atoms with E-state index < -0.39 is 26.0 Å². The predicted octanol–water partition coefficient (Wildman–Crippen LogP) is 3.93. The molecule has 1 amide bonds. The Morgan fingerprint density at radius 3 is 2.29 bits per heavy atom. The van der Waals surface area contributed by atoms with Crippen molar-refractivity contribution in [3.8, 4) is 0 Å². The van der Waals surface area contributed by atoms with Crippen LogP contribution >= 0.6 is 22.9 Å². The molecule has 0 saturated carbocycles. The van der Waals surface area contributed by atoms with Crippen molar-refractivity contribution in [2.75, 3.05) is 24.1 Å². The van der Waals surface area contributed by atoms with Crippen LogP contribution in [0, 0.1) is 27.7 Å². The Morgan fingerprint density at radius 1 is 1.09 bits per heavy atom. The van der Waals surface area contributed by atoms with Crippen molar-refractivity contribution in [3.63, 3.8) is 0 Å². The van der Waals surface area contributed by atoms with E-state index in [1.165, 1.54) is 32.5 Å². The molecule has 10 nitrogen and oxygen atoms in total. The summed E-state index contributed by atoms with van der Waals surface area (Å²) in [5, 5.41) is 7.72. The maximum Gasteiger partial charge on any atom is 0.267 e. The average molecular weight is 547 g/mol. The van der Waals surface area contributed by atoms with Crippen molar-refractivity contribution in [2.45, 2.75) is 37.5 Å². The van der Waals surface area contributed by atoms with Gasteiger partial charge in [-0.15, -0.1) is 11.3 Å². The first-order valence-corrected chi connectivity index (χ1v) is 13.9. The first-order valence-electron chi connectivity index (χ1n) is 9.74. The lowest BCUT2D eigenvalue weighted by Crippen LogP contribution is -2.25. The zero-order valence-electron chi connectivity index (χ0n) is 19.2. The van der Waals surface area contributed by atoms with Gasteiger partial charge in [-0.1, -0.05) is 22.8 Å². The second-order valence-corrected chi connectivity index (χ2v) is 12.8. The molecule has 3 rings (SSSR count). The predicted molar refractivity (Wildman–Crippen MR) is 131 cm³/mol. The zero-order chi connectivity index (χ0) is 25.6. The first-order chi connectivity index (χ1) is 15.7. The van der Waals surface area contributed by atoms with Gasteiger partial charge in [-0.2, -0.15) is 0 Å². The average Bonchev–Trinajstić information content (AvgIpc) is 3.27.